The monoisotopic (exact) mass is 349 g/mol. The fourth-order valence-electron chi connectivity index (χ4n) is 2.01. The van der Waals surface area contributed by atoms with Gasteiger partial charge in [0.05, 0.1) is 0 Å². The summed E-state index contributed by atoms with van der Waals surface area (Å²) in [5.74, 6) is 0. The van der Waals surface area contributed by atoms with E-state index in [0.717, 1.165) is 0 Å². The van der Waals surface area contributed by atoms with Crippen LogP contribution in [-0.4, -0.2) is 14.1 Å². The van der Waals surface area contributed by atoms with Crippen LogP contribution in [0.5, 0.6) is 0 Å². The van der Waals surface area contributed by atoms with Crippen LogP contribution in [0.1, 0.15) is 16.7 Å². The number of rotatable bonds is 1. The summed E-state index contributed by atoms with van der Waals surface area (Å²) in [6.07, 6.45) is 0. The quantitative estimate of drug-likeness (QED) is 0.415. The van der Waals surface area contributed by atoms with Crippen molar-refractivity contribution in [2.45, 2.75) is 20.8 Å². The Balaban J connectivity index is 0.000000325. The van der Waals surface area contributed by atoms with Crippen LogP contribution in [-0.2, 0) is 17.1 Å². The number of hydrogen-bond donors (Lipinski definition) is 0. The standard InChI is InChI=1S/C9H13N.2C6H7.Fe/c1-8-6-4-5-7-9(8)10(2)3;2*1-6-4-2-3-5-6;/h4-7H,1-3H3;2*2-5H,1H3;/q;-5;-1;. The van der Waals surface area contributed by atoms with Crippen molar-refractivity contribution in [1.82, 2.24) is 0 Å². The Kier molecular flexibility index (Phi) is 10.9. The Labute approximate surface area is 152 Å². The topological polar surface area (TPSA) is 3.24 Å². The molecule has 1 nitrogen and oxygen atoms in total. The first-order valence-corrected chi connectivity index (χ1v) is 7.60. The smallest absolute Gasteiger partial charge is 0.0390 e. The van der Waals surface area contributed by atoms with Gasteiger partial charge < -0.3 is 34.7 Å². The van der Waals surface area contributed by atoms with E-state index < -0.39 is 0 Å². The summed E-state index contributed by atoms with van der Waals surface area (Å²) in [6.45, 7) is 6.29. The van der Waals surface area contributed by atoms with Crippen molar-refractivity contribution in [2.75, 3.05) is 19.0 Å². The fraction of sp³-hybridized carbons (Fsp3) is 0.238. The molecule has 0 spiro atoms. The Hall–Kier alpha value is -1.76. The van der Waals surface area contributed by atoms with Gasteiger partial charge in [-0.1, -0.05) is 25.1 Å². The number of anilines is 1. The van der Waals surface area contributed by atoms with E-state index in [1.165, 1.54) is 22.4 Å². The Morgan fingerprint density at radius 2 is 1.39 bits per heavy atom. The predicted molar refractivity (Wildman–Crippen MR) is 99.1 cm³/mol. The second-order valence-electron chi connectivity index (χ2n) is 5.61. The van der Waals surface area contributed by atoms with Gasteiger partial charge in [-0.05, 0) is 18.6 Å². The van der Waals surface area contributed by atoms with E-state index >= 15 is 0 Å². The third kappa shape index (κ3) is 9.07. The molecule has 0 aliphatic rings. The molecule has 0 amide bonds. The van der Waals surface area contributed by atoms with Crippen LogP contribution in [0.2, 0.25) is 0 Å². The van der Waals surface area contributed by atoms with Crippen LogP contribution >= 0.6 is 0 Å². The van der Waals surface area contributed by atoms with E-state index in [0.29, 0.717) is 0 Å². The molecule has 23 heavy (non-hydrogen) atoms. The van der Waals surface area contributed by atoms with E-state index in [4.69, 9.17) is 0 Å². The van der Waals surface area contributed by atoms with Gasteiger partial charge in [0.2, 0.25) is 0 Å². The van der Waals surface area contributed by atoms with Crippen LogP contribution in [0.25, 0.3) is 0 Å². The van der Waals surface area contributed by atoms with Crippen molar-refractivity contribution < 1.29 is 17.1 Å². The van der Waals surface area contributed by atoms with Crippen molar-refractivity contribution in [3.8, 4) is 0 Å². The number of nitrogens with zero attached hydrogens (tertiary/aromatic N) is 1. The van der Waals surface area contributed by atoms with E-state index in [1.54, 1.807) is 0 Å². The summed E-state index contributed by atoms with van der Waals surface area (Å²) in [5, 5.41) is 0. The summed E-state index contributed by atoms with van der Waals surface area (Å²) >= 11 is 0. The first-order valence-electron chi connectivity index (χ1n) is 7.60. The first kappa shape index (κ1) is 21.2. The maximum absolute atomic E-state index is 2.12. The van der Waals surface area contributed by atoms with Crippen molar-refractivity contribution in [3.63, 3.8) is 0 Å². The molecule has 0 atom stereocenters. The van der Waals surface area contributed by atoms with E-state index in [9.17, 15) is 0 Å². The van der Waals surface area contributed by atoms with Gasteiger partial charge in [0.25, 0.3) is 0 Å². The Bertz CT molecular complexity index is 575. The summed E-state index contributed by atoms with van der Waals surface area (Å²) < 4.78 is 0. The first-order chi connectivity index (χ1) is 10.5. The molecule has 0 fully saturated rings. The molecule has 2 heteroatoms. The summed E-state index contributed by atoms with van der Waals surface area (Å²) in [7, 11) is 4.12. The summed E-state index contributed by atoms with van der Waals surface area (Å²) in [5.41, 5.74) is 5.31. The van der Waals surface area contributed by atoms with Crippen molar-refractivity contribution in [2.24, 2.45) is 0 Å². The molecule has 0 saturated heterocycles. The molecule has 0 unspecified atom stereocenters. The van der Waals surface area contributed by atoms with Crippen LogP contribution < -0.4 is 4.90 Å². The van der Waals surface area contributed by atoms with Gasteiger partial charge in [0.15, 0.2) is 0 Å². The van der Waals surface area contributed by atoms with Crippen LogP contribution in [0, 0.1) is 20.8 Å². The summed E-state index contributed by atoms with van der Waals surface area (Å²) in [4.78, 5) is 2.12. The largest absolute Gasteiger partial charge is 0.748 e. The average Bonchev–Trinajstić information content (AvgIpc) is 3.14. The normalized spacial score (nSPS) is 8.74. The fourth-order valence-corrected chi connectivity index (χ4v) is 2.01. The number of hydrogen-bond acceptors (Lipinski definition) is 1. The van der Waals surface area contributed by atoms with Gasteiger partial charge in [-0.3, -0.25) is 0 Å². The molecule has 3 rings (SSSR count). The average molecular weight is 349 g/mol. The molecule has 0 radical (unpaired) electrons. The zero-order valence-corrected chi connectivity index (χ0v) is 15.8. The second kappa shape index (κ2) is 11.8. The molecule has 0 aliphatic heterocycles. The zero-order chi connectivity index (χ0) is 16.4. The molecule has 0 aromatic heterocycles. The number of para-hydroxylation sites is 1. The molecule has 0 bridgehead atoms. The van der Waals surface area contributed by atoms with Crippen molar-refractivity contribution >= 4 is 5.69 Å². The van der Waals surface area contributed by atoms with Crippen molar-refractivity contribution in [3.05, 3.63) is 89.5 Å². The van der Waals surface area contributed by atoms with Crippen LogP contribution in [0.15, 0.2) is 72.8 Å². The van der Waals surface area contributed by atoms with E-state index in [1.807, 2.05) is 24.3 Å². The molecule has 0 heterocycles. The Morgan fingerprint density at radius 3 is 1.65 bits per heavy atom. The third-order valence-electron chi connectivity index (χ3n) is 3.26. The van der Waals surface area contributed by atoms with Gasteiger partial charge >= 0.3 is 0 Å². The zero-order valence-electron chi connectivity index (χ0n) is 14.7. The minimum Gasteiger partial charge on any atom is -0.748 e. The van der Waals surface area contributed by atoms with E-state index in [-0.39, 0.29) is 17.1 Å². The number of benzene rings is 1. The van der Waals surface area contributed by atoms with Gasteiger partial charge in [-0.2, -0.15) is 17.7 Å². The maximum atomic E-state index is 2.12. The number of aryl methyl sites for hydroxylation is 3. The van der Waals surface area contributed by atoms with Gasteiger partial charge in [0.1, 0.15) is 0 Å². The molecular weight excluding hydrogens is 322 g/mol. The molecular formula is C21H27FeN-6. The molecule has 0 aliphatic carbocycles. The Morgan fingerprint density at radius 1 is 0.870 bits per heavy atom. The minimum absolute atomic E-state index is 0. The third-order valence-corrected chi connectivity index (χ3v) is 3.26. The predicted octanol–water partition coefficient (Wildman–Crippen LogP) is 5.49. The molecule has 0 saturated carbocycles. The minimum atomic E-state index is 0. The molecule has 130 valence electrons. The van der Waals surface area contributed by atoms with Gasteiger partial charge in [-0.15, -0.1) is 0 Å². The molecule has 3 aromatic rings. The molecule has 0 N–H and O–H groups in total. The SMILES string of the molecule is C[c-]1[cH-][cH-][cH-][cH-]1.C[c-]1cccc1.Cc1ccccc1N(C)C.[Fe]. The van der Waals surface area contributed by atoms with Gasteiger partial charge in [-0.25, -0.2) is 19.1 Å². The van der Waals surface area contributed by atoms with Crippen LogP contribution in [0.3, 0.4) is 0 Å². The summed E-state index contributed by atoms with van der Waals surface area (Å²) in [6, 6.07) is 24.8. The van der Waals surface area contributed by atoms with E-state index in [2.05, 4.69) is 88.3 Å². The van der Waals surface area contributed by atoms with Crippen LogP contribution in [0.4, 0.5) is 5.69 Å². The van der Waals surface area contributed by atoms with Crippen molar-refractivity contribution in [1.29, 1.82) is 0 Å². The maximum Gasteiger partial charge on any atom is 0.0390 e. The molecule has 3 aromatic carbocycles. The van der Waals surface area contributed by atoms with Gasteiger partial charge in [0, 0.05) is 36.9 Å². The second-order valence-corrected chi connectivity index (χ2v) is 5.61.